The number of hydrogen-bond acceptors (Lipinski definition) is 6. The number of aryl methyl sites for hydroxylation is 1. The Morgan fingerprint density at radius 1 is 1.17 bits per heavy atom. The van der Waals surface area contributed by atoms with Crippen molar-refractivity contribution in [2.45, 2.75) is 63.3 Å². The van der Waals surface area contributed by atoms with Gasteiger partial charge in [0.2, 0.25) is 17.7 Å². The zero-order valence-electron chi connectivity index (χ0n) is 21.5. The monoisotopic (exact) mass is 496 g/mol. The van der Waals surface area contributed by atoms with E-state index in [-0.39, 0.29) is 37.1 Å². The summed E-state index contributed by atoms with van der Waals surface area (Å²) < 4.78 is 10.7. The predicted octanol–water partition coefficient (Wildman–Crippen LogP) is 2.77. The molecular weight excluding hydrogens is 460 g/mol. The molecule has 0 spiro atoms. The number of ether oxygens (including phenoxy) is 2. The van der Waals surface area contributed by atoms with Crippen molar-refractivity contribution in [3.63, 3.8) is 0 Å². The largest absolute Gasteiger partial charge is 0.496 e. The minimum atomic E-state index is -1.31. The van der Waals surface area contributed by atoms with Gasteiger partial charge in [0.25, 0.3) is 0 Å². The Morgan fingerprint density at radius 3 is 2.72 bits per heavy atom. The van der Waals surface area contributed by atoms with E-state index in [4.69, 9.17) is 9.47 Å². The number of imide groups is 1. The van der Waals surface area contributed by atoms with Crippen LogP contribution in [0.25, 0.3) is 0 Å². The Labute approximate surface area is 212 Å². The van der Waals surface area contributed by atoms with Crippen LogP contribution in [0.5, 0.6) is 5.75 Å². The van der Waals surface area contributed by atoms with Gasteiger partial charge in [0, 0.05) is 51.4 Å². The number of aromatic amines is 1. The second-order valence-electron chi connectivity index (χ2n) is 9.77. The molecule has 1 atom stereocenters. The van der Waals surface area contributed by atoms with Gasteiger partial charge in [-0.1, -0.05) is 24.6 Å². The van der Waals surface area contributed by atoms with Gasteiger partial charge in [-0.2, -0.15) is 5.10 Å². The van der Waals surface area contributed by atoms with Gasteiger partial charge < -0.3 is 14.4 Å². The van der Waals surface area contributed by atoms with Gasteiger partial charge in [-0.25, -0.2) is 0 Å². The number of amides is 3. The first kappa shape index (κ1) is 25.9. The predicted molar refractivity (Wildman–Crippen MR) is 133 cm³/mol. The van der Waals surface area contributed by atoms with E-state index in [2.05, 4.69) is 10.2 Å². The van der Waals surface area contributed by atoms with Crippen LogP contribution >= 0.6 is 0 Å². The maximum absolute atomic E-state index is 13.8. The van der Waals surface area contributed by atoms with Crippen LogP contribution in [0.1, 0.15) is 61.0 Å². The summed E-state index contributed by atoms with van der Waals surface area (Å²) in [6.07, 6.45) is 5.72. The van der Waals surface area contributed by atoms with Crippen LogP contribution in [-0.4, -0.2) is 72.1 Å². The van der Waals surface area contributed by atoms with Crippen molar-refractivity contribution < 1.29 is 23.9 Å². The van der Waals surface area contributed by atoms with E-state index in [1.807, 2.05) is 6.07 Å². The standard InChI is InChI=1S/C27H36N4O5/c1-30(18-22-19-10-5-4-6-12-21(19)28-29-22)24(32)16-27(20-11-7-8-13-23(20)36-3)17-25(33)31(26(27)34)14-9-15-35-2/h7-8,11,13H,4-6,9-10,12,14-18H2,1-3H3,(H,28,29). The van der Waals surface area contributed by atoms with E-state index in [0.717, 1.165) is 37.1 Å². The summed E-state index contributed by atoms with van der Waals surface area (Å²) in [6.45, 7) is 1.05. The second-order valence-corrected chi connectivity index (χ2v) is 9.77. The summed E-state index contributed by atoms with van der Waals surface area (Å²) in [7, 11) is 4.84. The van der Waals surface area contributed by atoms with Crippen LogP contribution in [0.2, 0.25) is 0 Å². The van der Waals surface area contributed by atoms with Crippen molar-refractivity contribution in [1.29, 1.82) is 0 Å². The van der Waals surface area contributed by atoms with E-state index < -0.39 is 5.41 Å². The van der Waals surface area contributed by atoms with Crippen molar-refractivity contribution >= 4 is 17.7 Å². The molecule has 0 radical (unpaired) electrons. The van der Waals surface area contributed by atoms with Gasteiger partial charge >= 0.3 is 0 Å². The number of likely N-dealkylation sites (tertiary alicyclic amines) is 1. The number of methoxy groups -OCH3 is 2. The topological polar surface area (TPSA) is 105 Å². The van der Waals surface area contributed by atoms with E-state index in [1.165, 1.54) is 24.0 Å². The number of aromatic nitrogens is 2. The molecule has 4 rings (SSSR count). The lowest BCUT2D eigenvalue weighted by Crippen LogP contribution is -2.43. The highest BCUT2D eigenvalue weighted by molar-refractivity contribution is 6.11. The van der Waals surface area contributed by atoms with Gasteiger partial charge in [-0.3, -0.25) is 24.4 Å². The van der Waals surface area contributed by atoms with Crippen LogP contribution in [0.15, 0.2) is 24.3 Å². The smallest absolute Gasteiger partial charge is 0.241 e. The minimum Gasteiger partial charge on any atom is -0.496 e. The highest BCUT2D eigenvalue weighted by atomic mass is 16.5. The molecule has 9 nitrogen and oxygen atoms in total. The van der Waals surface area contributed by atoms with E-state index in [1.54, 1.807) is 37.3 Å². The molecule has 2 aromatic rings. The molecule has 1 aliphatic heterocycles. The number of H-pyrrole nitrogens is 1. The van der Waals surface area contributed by atoms with E-state index in [0.29, 0.717) is 30.9 Å². The quantitative estimate of drug-likeness (QED) is 0.308. The third-order valence-corrected chi connectivity index (χ3v) is 7.42. The van der Waals surface area contributed by atoms with E-state index >= 15 is 0 Å². The van der Waals surface area contributed by atoms with Gasteiger partial charge in [0.05, 0.1) is 24.8 Å². The second kappa shape index (κ2) is 11.2. The summed E-state index contributed by atoms with van der Waals surface area (Å²) in [6, 6.07) is 7.15. The van der Waals surface area contributed by atoms with Crippen molar-refractivity contribution in [3.05, 3.63) is 46.8 Å². The number of hydrogen-bond donors (Lipinski definition) is 1. The third-order valence-electron chi connectivity index (χ3n) is 7.42. The summed E-state index contributed by atoms with van der Waals surface area (Å²) in [4.78, 5) is 43.4. The molecule has 0 saturated carbocycles. The molecule has 9 heteroatoms. The van der Waals surface area contributed by atoms with Crippen LogP contribution in [0, 0.1) is 0 Å². The van der Waals surface area contributed by atoms with Crippen LogP contribution in [0.3, 0.4) is 0 Å². The first-order chi connectivity index (χ1) is 17.4. The number of para-hydroxylation sites is 1. The summed E-state index contributed by atoms with van der Waals surface area (Å²) in [5, 5.41) is 7.65. The zero-order chi connectivity index (χ0) is 25.7. The van der Waals surface area contributed by atoms with E-state index in [9.17, 15) is 14.4 Å². The Morgan fingerprint density at radius 2 is 1.94 bits per heavy atom. The number of nitrogens with zero attached hydrogens (tertiary/aromatic N) is 3. The molecule has 1 aliphatic carbocycles. The molecule has 194 valence electrons. The van der Waals surface area contributed by atoms with Gasteiger partial charge in [0.1, 0.15) is 5.75 Å². The molecule has 1 aromatic carbocycles. The highest BCUT2D eigenvalue weighted by Gasteiger charge is 2.55. The molecule has 2 aliphatic rings. The first-order valence-electron chi connectivity index (χ1n) is 12.7. The average Bonchev–Trinajstić information content (AvgIpc) is 3.24. The Bertz CT molecular complexity index is 1110. The normalized spacial score (nSPS) is 19.8. The lowest BCUT2D eigenvalue weighted by Gasteiger charge is -2.30. The molecule has 36 heavy (non-hydrogen) atoms. The van der Waals surface area contributed by atoms with Crippen molar-refractivity contribution in [2.75, 3.05) is 34.4 Å². The molecule has 1 fully saturated rings. The molecule has 1 unspecified atom stereocenters. The summed E-state index contributed by atoms with van der Waals surface area (Å²) in [5.41, 5.74) is 2.50. The molecule has 1 aromatic heterocycles. The fourth-order valence-electron chi connectivity index (χ4n) is 5.44. The first-order valence-corrected chi connectivity index (χ1v) is 12.7. The molecule has 1 saturated heterocycles. The van der Waals surface area contributed by atoms with Gasteiger partial charge in [0.15, 0.2) is 0 Å². The third kappa shape index (κ3) is 5.02. The fourth-order valence-corrected chi connectivity index (χ4v) is 5.44. The van der Waals surface area contributed by atoms with Crippen molar-refractivity contribution in [1.82, 2.24) is 20.0 Å². The number of carbonyl (C=O) groups excluding carboxylic acids is 3. The molecule has 0 bridgehead atoms. The minimum absolute atomic E-state index is 0.0728. The highest BCUT2D eigenvalue weighted by Crippen LogP contribution is 2.44. The maximum atomic E-state index is 13.8. The molecule has 3 amide bonds. The van der Waals surface area contributed by atoms with Gasteiger partial charge in [-0.05, 0) is 43.7 Å². The number of nitrogens with one attached hydrogen (secondary N) is 1. The van der Waals surface area contributed by atoms with Crippen LogP contribution in [0.4, 0.5) is 0 Å². The SMILES string of the molecule is COCCCN1C(=O)CC(CC(=O)N(C)Cc2n[nH]c3c2CCCCC3)(c2ccccc2OC)C1=O. The van der Waals surface area contributed by atoms with Gasteiger partial charge in [-0.15, -0.1) is 0 Å². The van der Waals surface area contributed by atoms with Crippen molar-refractivity contribution in [3.8, 4) is 5.75 Å². The molecule has 1 N–H and O–H groups in total. The number of fused-ring (bicyclic) bond motifs is 1. The number of rotatable bonds is 10. The lowest BCUT2D eigenvalue weighted by atomic mass is 9.75. The Balaban J connectivity index is 1.60. The summed E-state index contributed by atoms with van der Waals surface area (Å²) in [5.74, 6) is -0.366. The summed E-state index contributed by atoms with van der Waals surface area (Å²) >= 11 is 0. The molecular formula is C27H36N4O5. The zero-order valence-corrected chi connectivity index (χ0v) is 21.5. The molecule has 2 heterocycles. The van der Waals surface area contributed by atoms with Crippen molar-refractivity contribution in [2.24, 2.45) is 0 Å². The average molecular weight is 497 g/mol. The van der Waals surface area contributed by atoms with Crippen LogP contribution in [-0.2, 0) is 43.9 Å². The number of carbonyl (C=O) groups is 3. The number of benzene rings is 1. The maximum Gasteiger partial charge on any atom is 0.241 e. The Kier molecular flexibility index (Phi) is 8.08. The lowest BCUT2D eigenvalue weighted by molar-refractivity contribution is -0.142. The van der Waals surface area contributed by atoms with Crippen LogP contribution < -0.4 is 4.74 Å². The Hall–Kier alpha value is -3.20. The fraction of sp³-hybridized carbons (Fsp3) is 0.556.